The van der Waals surface area contributed by atoms with Crippen molar-refractivity contribution in [2.45, 2.75) is 68.3 Å². The average molecular weight is 498 g/mol. The first-order chi connectivity index (χ1) is 16.6. The summed E-state index contributed by atoms with van der Waals surface area (Å²) in [5.74, 6) is 1.41. The Labute approximate surface area is 205 Å². The minimum Gasteiger partial charge on any atom is -0.489 e. The third kappa shape index (κ3) is 5.15. The van der Waals surface area contributed by atoms with Crippen molar-refractivity contribution in [1.82, 2.24) is 14.5 Å². The number of sulfone groups is 1. The van der Waals surface area contributed by atoms with E-state index in [0.29, 0.717) is 23.7 Å². The van der Waals surface area contributed by atoms with Gasteiger partial charge in [0.05, 0.1) is 21.9 Å². The van der Waals surface area contributed by atoms with E-state index in [1.807, 2.05) is 55.8 Å². The summed E-state index contributed by atoms with van der Waals surface area (Å²) in [4.78, 5) is 18.9. The first kappa shape index (κ1) is 23.7. The number of carbonyl (C=O) groups is 1. The van der Waals surface area contributed by atoms with Crippen LogP contribution in [0.3, 0.4) is 0 Å². The van der Waals surface area contributed by atoms with Crippen molar-refractivity contribution in [2.24, 2.45) is 0 Å². The number of rotatable bonds is 5. The first-order valence-corrected chi connectivity index (χ1v) is 13.6. The molecule has 3 aromatic rings. The molecule has 1 aromatic carbocycles. The van der Waals surface area contributed by atoms with Gasteiger partial charge in [0.2, 0.25) is 0 Å². The predicted molar refractivity (Wildman–Crippen MR) is 133 cm³/mol. The van der Waals surface area contributed by atoms with Gasteiger partial charge in [-0.3, -0.25) is 0 Å². The molecule has 2 aliphatic rings. The van der Waals surface area contributed by atoms with Crippen molar-refractivity contribution in [1.29, 1.82) is 0 Å². The lowest BCUT2D eigenvalue weighted by molar-refractivity contribution is 0.0126. The van der Waals surface area contributed by atoms with Crippen LogP contribution in [0.5, 0.6) is 5.75 Å². The van der Waals surface area contributed by atoms with E-state index in [9.17, 15) is 13.2 Å². The van der Waals surface area contributed by atoms with Gasteiger partial charge in [0.15, 0.2) is 9.84 Å². The summed E-state index contributed by atoms with van der Waals surface area (Å²) in [6, 6.07) is 11.0. The molecule has 0 radical (unpaired) electrons. The molecule has 1 saturated carbocycles. The molecule has 5 rings (SSSR count). The third-order valence-corrected chi connectivity index (χ3v) is 8.58. The zero-order valence-electron chi connectivity index (χ0n) is 20.3. The van der Waals surface area contributed by atoms with Gasteiger partial charge in [-0.15, -0.1) is 0 Å². The number of hydrogen-bond donors (Lipinski definition) is 0. The smallest absolute Gasteiger partial charge is 0.410 e. The van der Waals surface area contributed by atoms with Crippen molar-refractivity contribution in [3.8, 4) is 11.6 Å². The number of amides is 1. The zero-order valence-corrected chi connectivity index (χ0v) is 21.1. The number of carbonyl (C=O) groups excluding carboxylic acids is 1. The average Bonchev–Trinajstić information content (AvgIpc) is 3.59. The lowest BCUT2D eigenvalue weighted by Crippen LogP contribution is -2.44. The van der Waals surface area contributed by atoms with Gasteiger partial charge < -0.3 is 18.9 Å². The van der Waals surface area contributed by atoms with Crippen molar-refractivity contribution >= 4 is 26.8 Å². The Morgan fingerprint density at radius 2 is 1.77 bits per heavy atom. The summed E-state index contributed by atoms with van der Waals surface area (Å²) < 4.78 is 38.6. The third-order valence-electron chi connectivity index (χ3n) is 6.32. The Morgan fingerprint density at radius 1 is 1.03 bits per heavy atom. The standard InChI is InChI=1S/C26H31N3O5S/c1-26(2,3)34-25(30)28-13-11-19(12-14-28)33-20-4-9-24(27-17-20)29-15-10-18-16-22(7-8-23(18)29)35(31,32)21-5-6-21/h4,7-10,15-17,19,21H,5-6,11-14H2,1-3H3. The molecule has 1 aliphatic heterocycles. The van der Waals surface area contributed by atoms with Crippen molar-refractivity contribution in [3.05, 3.63) is 48.8 Å². The number of aromatic nitrogens is 2. The highest BCUT2D eigenvalue weighted by Crippen LogP contribution is 2.35. The van der Waals surface area contributed by atoms with Crippen LogP contribution in [0.4, 0.5) is 4.79 Å². The number of ether oxygens (including phenoxy) is 2. The molecule has 8 nitrogen and oxygen atoms in total. The SMILES string of the molecule is CC(C)(C)OC(=O)N1CCC(Oc2ccc(-n3ccc4cc(S(=O)(=O)C5CC5)ccc43)nc2)CC1. The second-order valence-electron chi connectivity index (χ2n) is 10.3. The van der Waals surface area contributed by atoms with Crippen molar-refractivity contribution in [3.63, 3.8) is 0 Å². The van der Waals surface area contributed by atoms with Crippen LogP contribution in [0.1, 0.15) is 46.5 Å². The lowest BCUT2D eigenvalue weighted by Gasteiger charge is -2.33. The number of benzene rings is 1. The van der Waals surface area contributed by atoms with Crippen LogP contribution in [-0.4, -0.2) is 59.0 Å². The fourth-order valence-electron chi connectivity index (χ4n) is 4.33. The maximum atomic E-state index is 12.6. The Balaban J connectivity index is 1.22. The number of hydrogen-bond acceptors (Lipinski definition) is 6. The topological polar surface area (TPSA) is 90.7 Å². The number of nitrogens with zero attached hydrogens (tertiary/aromatic N) is 3. The van der Waals surface area contributed by atoms with E-state index in [4.69, 9.17) is 9.47 Å². The zero-order chi connectivity index (χ0) is 24.8. The normalized spacial score (nSPS) is 17.5. The molecule has 2 aromatic heterocycles. The molecule has 0 unspecified atom stereocenters. The number of piperidine rings is 1. The molecular weight excluding hydrogens is 466 g/mol. The molecule has 0 bridgehead atoms. The Hall–Kier alpha value is -3.07. The number of fused-ring (bicyclic) bond motifs is 1. The van der Waals surface area contributed by atoms with Crippen LogP contribution in [-0.2, 0) is 14.6 Å². The second kappa shape index (κ2) is 8.86. The fourth-order valence-corrected chi connectivity index (χ4v) is 6.02. The van der Waals surface area contributed by atoms with Crippen LogP contribution in [0, 0.1) is 0 Å². The summed E-state index contributed by atoms with van der Waals surface area (Å²) in [6.07, 6.45) is 6.30. The maximum absolute atomic E-state index is 12.6. The minimum atomic E-state index is -3.22. The van der Waals surface area contributed by atoms with E-state index < -0.39 is 15.4 Å². The van der Waals surface area contributed by atoms with Crippen LogP contribution in [0.25, 0.3) is 16.7 Å². The van der Waals surface area contributed by atoms with Gasteiger partial charge in [-0.05, 0) is 70.0 Å². The van der Waals surface area contributed by atoms with Gasteiger partial charge in [0.1, 0.15) is 23.3 Å². The van der Waals surface area contributed by atoms with Gasteiger partial charge in [0, 0.05) is 37.5 Å². The van der Waals surface area contributed by atoms with Gasteiger partial charge >= 0.3 is 6.09 Å². The Bertz CT molecular complexity index is 1330. The highest BCUT2D eigenvalue weighted by Gasteiger charge is 2.37. The van der Waals surface area contributed by atoms with Crippen LogP contribution >= 0.6 is 0 Å². The van der Waals surface area contributed by atoms with Crippen molar-refractivity contribution in [2.75, 3.05) is 13.1 Å². The van der Waals surface area contributed by atoms with Crippen LogP contribution in [0.2, 0.25) is 0 Å². The van der Waals surface area contributed by atoms with Crippen molar-refractivity contribution < 1.29 is 22.7 Å². The largest absolute Gasteiger partial charge is 0.489 e. The van der Waals surface area contributed by atoms with E-state index >= 15 is 0 Å². The maximum Gasteiger partial charge on any atom is 0.410 e. The Kier molecular flexibility index (Phi) is 5.99. The molecular formula is C26H31N3O5S. The molecule has 1 aliphatic carbocycles. The second-order valence-corrected chi connectivity index (χ2v) is 12.5. The summed E-state index contributed by atoms with van der Waals surface area (Å²) >= 11 is 0. The van der Waals surface area contributed by atoms with Gasteiger partial charge in [-0.1, -0.05) is 0 Å². The quantitative estimate of drug-likeness (QED) is 0.506. The minimum absolute atomic E-state index is 0.0144. The fraction of sp³-hybridized carbons (Fsp3) is 0.462. The predicted octanol–water partition coefficient (Wildman–Crippen LogP) is 4.74. The molecule has 35 heavy (non-hydrogen) atoms. The van der Waals surface area contributed by atoms with Crippen LogP contribution in [0.15, 0.2) is 53.7 Å². The molecule has 9 heteroatoms. The summed E-state index contributed by atoms with van der Waals surface area (Å²) in [7, 11) is -3.22. The van der Waals surface area contributed by atoms with Gasteiger partial charge in [-0.25, -0.2) is 18.2 Å². The Morgan fingerprint density at radius 3 is 2.40 bits per heavy atom. The summed E-state index contributed by atoms with van der Waals surface area (Å²) in [5.41, 5.74) is 0.398. The molecule has 0 N–H and O–H groups in total. The molecule has 0 atom stereocenters. The van der Waals surface area contributed by atoms with E-state index in [2.05, 4.69) is 4.98 Å². The van der Waals surface area contributed by atoms with E-state index in [-0.39, 0.29) is 17.4 Å². The monoisotopic (exact) mass is 497 g/mol. The highest BCUT2D eigenvalue weighted by atomic mass is 32.2. The number of likely N-dealkylation sites (tertiary alicyclic amines) is 1. The van der Waals surface area contributed by atoms with E-state index in [1.54, 1.807) is 23.2 Å². The van der Waals surface area contributed by atoms with Gasteiger partial charge in [-0.2, -0.15) is 0 Å². The van der Waals surface area contributed by atoms with E-state index in [1.165, 1.54) is 0 Å². The molecule has 186 valence electrons. The van der Waals surface area contributed by atoms with E-state index in [0.717, 1.165) is 42.4 Å². The highest BCUT2D eigenvalue weighted by molar-refractivity contribution is 7.92. The van der Waals surface area contributed by atoms with Crippen LogP contribution < -0.4 is 4.74 Å². The molecule has 1 amide bonds. The molecule has 1 saturated heterocycles. The molecule has 2 fully saturated rings. The first-order valence-electron chi connectivity index (χ1n) is 12.1. The number of pyridine rings is 1. The summed E-state index contributed by atoms with van der Waals surface area (Å²) in [6.45, 7) is 6.79. The van der Waals surface area contributed by atoms with Gasteiger partial charge in [0.25, 0.3) is 0 Å². The summed E-state index contributed by atoms with van der Waals surface area (Å²) in [5, 5.41) is 0.645. The molecule has 0 spiro atoms. The molecule has 3 heterocycles. The lowest BCUT2D eigenvalue weighted by atomic mass is 10.1.